The molecular formula is C6H8F6O. The SMILES string of the molecule is COCCC(F)(F)C(F)(F)C(F)F. The summed E-state index contributed by atoms with van der Waals surface area (Å²) in [5.41, 5.74) is 0. The van der Waals surface area contributed by atoms with Crippen LogP contribution in [-0.4, -0.2) is 32.0 Å². The first-order valence-electron chi connectivity index (χ1n) is 3.28. The molecule has 0 N–H and O–H groups in total. The number of halogens is 6. The summed E-state index contributed by atoms with van der Waals surface area (Å²) in [7, 11) is 1.01. The van der Waals surface area contributed by atoms with E-state index in [-0.39, 0.29) is 0 Å². The van der Waals surface area contributed by atoms with Gasteiger partial charge in [0, 0.05) is 13.5 Å². The molecule has 0 atom stereocenters. The fourth-order valence-electron chi connectivity index (χ4n) is 0.557. The van der Waals surface area contributed by atoms with Crippen LogP contribution in [0.1, 0.15) is 6.42 Å². The van der Waals surface area contributed by atoms with Gasteiger partial charge in [0.25, 0.3) is 0 Å². The van der Waals surface area contributed by atoms with Crippen molar-refractivity contribution in [1.29, 1.82) is 0 Å². The Morgan fingerprint density at radius 2 is 1.62 bits per heavy atom. The first kappa shape index (κ1) is 12.5. The van der Waals surface area contributed by atoms with Crippen molar-refractivity contribution in [2.45, 2.75) is 24.7 Å². The third-order valence-electron chi connectivity index (χ3n) is 1.38. The van der Waals surface area contributed by atoms with Crippen LogP contribution in [0, 0.1) is 0 Å². The molecule has 80 valence electrons. The zero-order valence-corrected chi connectivity index (χ0v) is 6.67. The molecular weight excluding hydrogens is 202 g/mol. The molecule has 0 bridgehead atoms. The summed E-state index contributed by atoms with van der Waals surface area (Å²) in [6, 6.07) is 0. The van der Waals surface area contributed by atoms with E-state index >= 15 is 0 Å². The van der Waals surface area contributed by atoms with Gasteiger partial charge in [-0.05, 0) is 0 Å². The highest BCUT2D eigenvalue weighted by Gasteiger charge is 2.62. The standard InChI is InChI=1S/C6H8F6O/c1-13-3-2-5(9,10)6(11,12)4(7)8/h4H,2-3H2,1H3. The summed E-state index contributed by atoms with van der Waals surface area (Å²) in [6.45, 7) is -0.699. The molecule has 0 aromatic carbocycles. The normalized spacial score (nSPS) is 13.8. The molecule has 0 unspecified atom stereocenters. The van der Waals surface area contributed by atoms with Gasteiger partial charge in [0.1, 0.15) is 0 Å². The predicted molar refractivity (Wildman–Crippen MR) is 32.4 cm³/mol. The monoisotopic (exact) mass is 210 g/mol. The van der Waals surface area contributed by atoms with E-state index in [1.54, 1.807) is 0 Å². The van der Waals surface area contributed by atoms with Crippen molar-refractivity contribution in [2.24, 2.45) is 0 Å². The van der Waals surface area contributed by atoms with Crippen LogP contribution in [0.15, 0.2) is 0 Å². The average Bonchev–Trinajstić information content (AvgIpc) is 2.00. The van der Waals surface area contributed by atoms with E-state index in [2.05, 4.69) is 4.74 Å². The quantitative estimate of drug-likeness (QED) is 0.633. The summed E-state index contributed by atoms with van der Waals surface area (Å²) in [6.07, 6.45) is -5.81. The summed E-state index contributed by atoms with van der Waals surface area (Å²) in [5.74, 6) is -10.0. The second-order valence-electron chi connectivity index (χ2n) is 2.37. The summed E-state index contributed by atoms with van der Waals surface area (Å²) in [4.78, 5) is 0. The molecule has 0 aliphatic carbocycles. The van der Waals surface area contributed by atoms with Gasteiger partial charge in [0.15, 0.2) is 0 Å². The van der Waals surface area contributed by atoms with Crippen molar-refractivity contribution >= 4 is 0 Å². The van der Waals surface area contributed by atoms with Crippen LogP contribution in [0.25, 0.3) is 0 Å². The highest BCUT2D eigenvalue weighted by Crippen LogP contribution is 2.41. The van der Waals surface area contributed by atoms with Crippen molar-refractivity contribution in [2.75, 3.05) is 13.7 Å². The van der Waals surface area contributed by atoms with Crippen LogP contribution < -0.4 is 0 Å². The first-order chi connectivity index (χ1) is 5.75. The highest BCUT2D eigenvalue weighted by atomic mass is 19.3. The lowest BCUT2D eigenvalue weighted by Gasteiger charge is -2.25. The third-order valence-corrected chi connectivity index (χ3v) is 1.38. The van der Waals surface area contributed by atoms with Gasteiger partial charge >= 0.3 is 18.3 Å². The van der Waals surface area contributed by atoms with Crippen LogP contribution in [0.5, 0.6) is 0 Å². The van der Waals surface area contributed by atoms with E-state index in [0.717, 1.165) is 7.11 Å². The molecule has 0 spiro atoms. The van der Waals surface area contributed by atoms with Gasteiger partial charge < -0.3 is 4.74 Å². The minimum absolute atomic E-state index is 0.699. The molecule has 0 fully saturated rings. The number of hydrogen-bond donors (Lipinski definition) is 0. The van der Waals surface area contributed by atoms with Crippen LogP contribution in [0.2, 0.25) is 0 Å². The Bertz CT molecular complexity index is 157. The average molecular weight is 210 g/mol. The van der Waals surface area contributed by atoms with Gasteiger partial charge in [0.2, 0.25) is 0 Å². The Labute approximate surface area is 70.7 Å². The summed E-state index contributed by atoms with van der Waals surface area (Å²) >= 11 is 0. The zero-order chi connectivity index (χ0) is 10.7. The molecule has 0 aliphatic heterocycles. The largest absolute Gasteiger partial charge is 0.384 e. The number of alkyl halides is 6. The lowest BCUT2D eigenvalue weighted by Crippen LogP contribution is -2.46. The topological polar surface area (TPSA) is 9.23 Å². The van der Waals surface area contributed by atoms with Crippen LogP contribution >= 0.6 is 0 Å². The lowest BCUT2D eigenvalue weighted by molar-refractivity contribution is -0.268. The second kappa shape index (κ2) is 4.17. The fourth-order valence-corrected chi connectivity index (χ4v) is 0.557. The highest BCUT2D eigenvalue weighted by molar-refractivity contribution is 4.86. The van der Waals surface area contributed by atoms with Gasteiger partial charge in [-0.1, -0.05) is 0 Å². The smallest absolute Gasteiger partial charge is 0.369 e. The zero-order valence-electron chi connectivity index (χ0n) is 6.67. The first-order valence-corrected chi connectivity index (χ1v) is 3.28. The fraction of sp³-hybridized carbons (Fsp3) is 1.00. The minimum Gasteiger partial charge on any atom is -0.384 e. The Morgan fingerprint density at radius 3 is 1.92 bits per heavy atom. The Kier molecular flexibility index (Phi) is 4.02. The van der Waals surface area contributed by atoms with Gasteiger partial charge in [-0.25, -0.2) is 8.78 Å². The van der Waals surface area contributed by atoms with E-state index < -0.39 is 31.3 Å². The molecule has 1 nitrogen and oxygen atoms in total. The van der Waals surface area contributed by atoms with Gasteiger partial charge in [-0.15, -0.1) is 0 Å². The molecule has 0 aromatic heterocycles. The Hall–Kier alpha value is -0.460. The number of ether oxygens (including phenoxy) is 1. The lowest BCUT2D eigenvalue weighted by atomic mass is 10.1. The van der Waals surface area contributed by atoms with Crippen molar-refractivity contribution in [3.63, 3.8) is 0 Å². The third kappa shape index (κ3) is 2.75. The van der Waals surface area contributed by atoms with E-state index in [4.69, 9.17) is 0 Å². The van der Waals surface area contributed by atoms with Gasteiger partial charge in [-0.2, -0.15) is 17.6 Å². The molecule has 7 heteroatoms. The number of methoxy groups -OCH3 is 1. The number of hydrogen-bond acceptors (Lipinski definition) is 1. The van der Waals surface area contributed by atoms with E-state index in [1.165, 1.54) is 0 Å². The number of rotatable bonds is 5. The van der Waals surface area contributed by atoms with Crippen molar-refractivity contribution in [3.05, 3.63) is 0 Å². The van der Waals surface area contributed by atoms with E-state index in [1.807, 2.05) is 0 Å². The molecule has 0 rings (SSSR count). The molecule has 0 amide bonds. The Balaban J connectivity index is 4.41. The molecule has 0 aliphatic rings. The van der Waals surface area contributed by atoms with Crippen molar-refractivity contribution < 1.29 is 31.1 Å². The van der Waals surface area contributed by atoms with Crippen molar-refractivity contribution in [3.8, 4) is 0 Å². The maximum atomic E-state index is 12.3. The van der Waals surface area contributed by atoms with Gasteiger partial charge in [-0.3, -0.25) is 0 Å². The van der Waals surface area contributed by atoms with E-state index in [0.29, 0.717) is 0 Å². The van der Waals surface area contributed by atoms with Gasteiger partial charge in [0.05, 0.1) is 6.61 Å². The molecule has 0 heterocycles. The van der Waals surface area contributed by atoms with Crippen molar-refractivity contribution in [1.82, 2.24) is 0 Å². The maximum absolute atomic E-state index is 12.3. The molecule has 0 saturated carbocycles. The van der Waals surface area contributed by atoms with Crippen LogP contribution in [-0.2, 0) is 4.74 Å². The minimum atomic E-state index is -5.30. The summed E-state index contributed by atoms with van der Waals surface area (Å²) < 4.78 is 75.9. The van der Waals surface area contributed by atoms with Crippen LogP contribution in [0.4, 0.5) is 26.3 Å². The molecule has 13 heavy (non-hydrogen) atoms. The molecule has 0 saturated heterocycles. The van der Waals surface area contributed by atoms with Crippen LogP contribution in [0.3, 0.4) is 0 Å². The van der Waals surface area contributed by atoms with E-state index in [9.17, 15) is 26.3 Å². The second-order valence-corrected chi connectivity index (χ2v) is 2.37. The predicted octanol–water partition coefficient (Wildman–Crippen LogP) is 2.56. The molecule has 0 aromatic rings. The molecule has 0 radical (unpaired) electrons. The maximum Gasteiger partial charge on any atom is 0.369 e. The Morgan fingerprint density at radius 1 is 1.15 bits per heavy atom. The summed E-state index contributed by atoms with van der Waals surface area (Å²) in [5, 5.41) is 0.